The van der Waals surface area contributed by atoms with Gasteiger partial charge < -0.3 is 10.6 Å². The number of fused-ring (bicyclic) bond motifs is 2. The van der Waals surface area contributed by atoms with Gasteiger partial charge >= 0.3 is 12.2 Å². The number of urea groups is 1. The van der Waals surface area contributed by atoms with E-state index >= 15 is 0 Å². The van der Waals surface area contributed by atoms with Crippen LogP contribution in [0.5, 0.6) is 0 Å². The van der Waals surface area contributed by atoms with Crippen LogP contribution in [0.2, 0.25) is 5.02 Å². The molecule has 2 aromatic carbocycles. The molecule has 1 unspecified atom stereocenters. The molecule has 0 aromatic heterocycles. The zero-order valence-corrected chi connectivity index (χ0v) is 17.7. The van der Waals surface area contributed by atoms with Crippen molar-refractivity contribution < 1.29 is 18.0 Å². The third kappa shape index (κ3) is 5.33. The Kier molecular flexibility index (Phi) is 6.44. The maximum absolute atomic E-state index is 13.0. The second-order valence-corrected chi connectivity index (χ2v) is 8.76. The van der Waals surface area contributed by atoms with Crippen LogP contribution in [-0.4, -0.2) is 29.1 Å². The lowest BCUT2D eigenvalue weighted by molar-refractivity contribution is -0.137. The highest BCUT2D eigenvalue weighted by Crippen LogP contribution is 2.37. The molecule has 0 aliphatic carbocycles. The molecule has 2 fully saturated rings. The molecule has 4 rings (SSSR count). The van der Waals surface area contributed by atoms with E-state index in [0.29, 0.717) is 12.1 Å². The van der Waals surface area contributed by atoms with Gasteiger partial charge in [0.2, 0.25) is 0 Å². The van der Waals surface area contributed by atoms with Crippen molar-refractivity contribution in [1.29, 1.82) is 0 Å². The summed E-state index contributed by atoms with van der Waals surface area (Å²) in [5.74, 6) is 0. The zero-order valence-electron chi connectivity index (χ0n) is 17.0. The number of benzene rings is 2. The standard InChI is InChI=1S/C23H25ClF3N3O/c24-21-10-9-16(13-20(21)23(25,26)27)28-22(31)29-17-11-18-7-4-8-19(12-17)30(18)14-15-5-2-1-3-6-15/h1-3,5-6,9-10,13,17-19H,4,7-8,11-12,14H2,(H2,28,29,31)/t17?,18-,19+. The Morgan fingerprint density at radius 2 is 1.74 bits per heavy atom. The lowest BCUT2D eigenvalue weighted by atomic mass is 9.81. The van der Waals surface area contributed by atoms with Gasteiger partial charge in [0.25, 0.3) is 0 Å². The summed E-state index contributed by atoms with van der Waals surface area (Å²) < 4.78 is 39.1. The Balaban J connectivity index is 1.37. The minimum atomic E-state index is -4.58. The van der Waals surface area contributed by atoms with Crippen molar-refractivity contribution in [1.82, 2.24) is 10.2 Å². The van der Waals surface area contributed by atoms with E-state index in [4.69, 9.17) is 11.6 Å². The summed E-state index contributed by atoms with van der Waals surface area (Å²) in [7, 11) is 0. The predicted molar refractivity (Wildman–Crippen MR) is 115 cm³/mol. The number of carbonyl (C=O) groups excluding carboxylic acids is 1. The van der Waals surface area contributed by atoms with Crippen LogP contribution in [0.15, 0.2) is 48.5 Å². The molecule has 0 saturated carbocycles. The van der Waals surface area contributed by atoms with Crippen LogP contribution >= 0.6 is 11.6 Å². The molecule has 2 saturated heterocycles. The van der Waals surface area contributed by atoms with Crippen molar-refractivity contribution >= 4 is 23.3 Å². The number of nitrogens with one attached hydrogen (secondary N) is 2. The molecule has 2 aromatic rings. The van der Waals surface area contributed by atoms with Crippen LogP contribution in [-0.2, 0) is 12.7 Å². The molecule has 2 aliphatic heterocycles. The molecular formula is C23H25ClF3N3O. The number of hydrogen-bond donors (Lipinski definition) is 2. The van der Waals surface area contributed by atoms with E-state index in [2.05, 4.69) is 27.7 Å². The first kappa shape index (κ1) is 22.0. The predicted octanol–water partition coefficient (Wildman–Crippen LogP) is 6.07. The molecule has 2 amide bonds. The minimum Gasteiger partial charge on any atom is -0.335 e. The third-order valence-corrected chi connectivity index (χ3v) is 6.53. The highest BCUT2D eigenvalue weighted by molar-refractivity contribution is 6.31. The van der Waals surface area contributed by atoms with Crippen molar-refractivity contribution in [3.8, 4) is 0 Å². The van der Waals surface area contributed by atoms with E-state index in [-0.39, 0.29) is 11.7 Å². The first-order valence-corrected chi connectivity index (χ1v) is 10.9. The van der Waals surface area contributed by atoms with Gasteiger partial charge in [-0.05, 0) is 49.4 Å². The van der Waals surface area contributed by atoms with Crippen LogP contribution in [0.4, 0.5) is 23.7 Å². The van der Waals surface area contributed by atoms with E-state index in [1.54, 1.807) is 0 Å². The molecule has 2 bridgehead atoms. The van der Waals surface area contributed by atoms with Gasteiger partial charge in [0.05, 0.1) is 10.6 Å². The fourth-order valence-electron chi connectivity index (χ4n) is 4.82. The largest absolute Gasteiger partial charge is 0.417 e. The third-order valence-electron chi connectivity index (χ3n) is 6.20. The van der Waals surface area contributed by atoms with Crippen LogP contribution in [0, 0.1) is 0 Å². The Morgan fingerprint density at radius 3 is 2.39 bits per heavy atom. The van der Waals surface area contributed by atoms with Crippen molar-refractivity contribution in [2.24, 2.45) is 0 Å². The summed E-state index contributed by atoms with van der Waals surface area (Å²) in [6, 6.07) is 14.0. The number of halogens is 4. The molecule has 8 heteroatoms. The minimum absolute atomic E-state index is 0.00305. The monoisotopic (exact) mass is 451 g/mol. The first-order valence-electron chi connectivity index (χ1n) is 10.5. The molecule has 2 heterocycles. The quantitative estimate of drug-likeness (QED) is 0.593. The normalized spacial score (nSPS) is 23.9. The van der Waals surface area contributed by atoms with Gasteiger partial charge in [0, 0.05) is 30.4 Å². The number of hydrogen-bond acceptors (Lipinski definition) is 2. The second kappa shape index (κ2) is 9.09. The topological polar surface area (TPSA) is 44.4 Å². The maximum atomic E-state index is 13.0. The van der Waals surface area contributed by atoms with Crippen molar-refractivity contribution in [2.45, 2.75) is 63.0 Å². The molecule has 2 N–H and O–H groups in total. The molecule has 2 aliphatic rings. The van der Waals surface area contributed by atoms with E-state index in [1.807, 2.05) is 18.2 Å². The maximum Gasteiger partial charge on any atom is 0.417 e. The molecule has 31 heavy (non-hydrogen) atoms. The highest BCUT2D eigenvalue weighted by atomic mass is 35.5. The van der Waals surface area contributed by atoms with Crippen LogP contribution in [0.25, 0.3) is 0 Å². The lowest BCUT2D eigenvalue weighted by Crippen LogP contribution is -2.56. The number of anilines is 1. The number of nitrogens with zero attached hydrogens (tertiary/aromatic N) is 1. The molecular weight excluding hydrogens is 427 g/mol. The summed E-state index contributed by atoms with van der Waals surface area (Å²) in [4.78, 5) is 15.0. The SMILES string of the molecule is O=C(Nc1ccc(Cl)c(C(F)(F)F)c1)NC1C[C@H]2CCC[C@@H](C1)N2Cc1ccccc1. The lowest BCUT2D eigenvalue weighted by Gasteiger charge is -2.49. The van der Waals surface area contributed by atoms with Gasteiger partial charge in [-0.3, -0.25) is 4.90 Å². The molecule has 0 spiro atoms. The van der Waals surface area contributed by atoms with Crippen molar-refractivity contribution in [2.75, 3.05) is 5.32 Å². The van der Waals surface area contributed by atoms with E-state index in [9.17, 15) is 18.0 Å². The van der Waals surface area contributed by atoms with E-state index < -0.39 is 22.8 Å². The summed E-state index contributed by atoms with van der Waals surface area (Å²) >= 11 is 5.65. The van der Waals surface area contributed by atoms with Crippen LogP contribution in [0.3, 0.4) is 0 Å². The summed E-state index contributed by atoms with van der Waals surface area (Å²) in [6.45, 7) is 0.903. The smallest absolute Gasteiger partial charge is 0.335 e. The molecule has 3 atom stereocenters. The Morgan fingerprint density at radius 1 is 1.06 bits per heavy atom. The van der Waals surface area contributed by atoms with Gasteiger partial charge in [0.1, 0.15) is 0 Å². The van der Waals surface area contributed by atoms with Gasteiger partial charge in [-0.15, -0.1) is 0 Å². The number of alkyl halides is 3. The Labute approximate surface area is 184 Å². The summed E-state index contributed by atoms with van der Waals surface area (Å²) in [6.07, 6.45) is 0.472. The van der Waals surface area contributed by atoms with E-state index in [0.717, 1.165) is 44.4 Å². The zero-order chi connectivity index (χ0) is 22.0. The van der Waals surface area contributed by atoms with E-state index in [1.165, 1.54) is 18.1 Å². The fourth-order valence-corrected chi connectivity index (χ4v) is 5.05. The van der Waals surface area contributed by atoms with Gasteiger partial charge in [-0.25, -0.2) is 4.79 Å². The van der Waals surface area contributed by atoms with Gasteiger partial charge in [-0.2, -0.15) is 13.2 Å². The average molecular weight is 452 g/mol. The number of amides is 2. The van der Waals surface area contributed by atoms with Crippen LogP contribution < -0.4 is 10.6 Å². The highest BCUT2D eigenvalue weighted by Gasteiger charge is 2.38. The van der Waals surface area contributed by atoms with Gasteiger partial charge in [0.15, 0.2) is 0 Å². The van der Waals surface area contributed by atoms with Crippen molar-refractivity contribution in [3.05, 3.63) is 64.7 Å². The Hall–Kier alpha value is -2.25. The number of carbonyl (C=O) groups is 1. The summed E-state index contributed by atoms with van der Waals surface area (Å²) in [5, 5.41) is 5.09. The first-order chi connectivity index (χ1) is 14.8. The number of rotatable bonds is 4. The molecule has 4 nitrogen and oxygen atoms in total. The van der Waals surface area contributed by atoms with Gasteiger partial charge in [-0.1, -0.05) is 48.4 Å². The van der Waals surface area contributed by atoms with Crippen LogP contribution in [0.1, 0.15) is 43.2 Å². The average Bonchev–Trinajstić information content (AvgIpc) is 2.70. The second-order valence-electron chi connectivity index (χ2n) is 8.36. The summed E-state index contributed by atoms with van der Waals surface area (Å²) in [5.41, 5.74) is 0.387. The Bertz CT molecular complexity index is 908. The fraction of sp³-hybridized carbons (Fsp3) is 0.435. The van der Waals surface area contributed by atoms with Crippen molar-refractivity contribution in [3.63, 3.8) is 0 Å². The number of piperidine rings is 2. The molecule has 166 valence electrons. The molecule has 0 radical (unpaired) electrons.